The average molecular weight is 257 g/mol. The van der Waals surface area contributed by atoms with E-state index in [1.165, 1.54) is 38.5 Å². The predicted molar refractivity (Wildman–Crippen MR) is 68.2 cm³/mol. The Balaban J connectivity index is 1.91. The zero-order chi connectivity index (χ0) is 12.3. The van der Waals surface area contributed by atoms with Gasteiger partial charge in [0, 0.05) is 5.92 Å². The van der Waals surface area contributed by atoms with Gasteiger partial charge < -0.3 is 4.52 Å². The number of hydrogen-bond donors (Lipinski definition) is 0. The molecule has 1 aromatic rings. The van der Waals surface area contributed by atoms with Crippen molar-refractivity contribution < 1.29 is 4.52 Å². The normalized spacial score (nSPS) is 27.0. The number of alkyl halides is 1. The molecule has 0 bridgehead atoms. The van der Waals surface area contributed by atoms with Crippen molar-refractivity contribution in [2.75, 3.05) is 0 Å². The lowest BCUT2D eigenvalue weighted by Crippen LogP contribution is -2.14. The van der Waals surface area contributed by atoms with Gasteiger partial charge in [0.15, 0.2) is 5.82 Å². The van der Waals surface area contributed by atoms with Crippen molar-refractivity contribution in [2.24, 2.45) is 5.92 Å². The molecule has 0 spiro atoms. The highest BCUT2D eigenvalue weighted by Crippen LogP contribution is 2.36. The van der Waals surface area contributed by atoms with Crippen LogP contribution in [0.2, 0.25) is 0 Å². The van der Waals surface area contributed by atoms with Crippen molar-refractivity contribution in [3.63, 3.8) is 0 Å². The van der Waals surface area contributed by atoms with E-state index in [0.29, 0.717) is 11.8 Å². The van der Waals surface area contributed by atoms with E-state index in [4.69, 9.17) is 16.1 Å². The second kappa shape index (κ2) is 5.85. The molecule has 1 aliphatic carbocycles. The van der Waals surface area contributed by atoms with Gasteiger partial charge in [-0.2, -0.15) is 4.98 Å². The lowest BCUT2D eigenvalue weighted by Gasteiger charge is -2.26. The summed E-state index contributed by atoms with van der Waals surface area (Å²) in [5.74, 6) is 2.81. The van der Waals surface area contributed by atoms with Gasteiger partial charge in [0.05, 0.1) is 0 Å². The first kappa shape index (κ1) is 12.9. The SMILES string of the molecule is CCCC1CCC(c2noc(C(C)Cl)n2)CC1. The third-order valence-electron chi connectivity index (χ3n) is 3.71. The van der Waals surface area contributed by atoms with Crippen LogP contribution in [0.25, 0.3) is 0 Å². The van der Waals surface area contributed by atoms with Crippen LogP contribution in [0.5, 0.6) is 0 Å². The van der Waals surface area contributed by atoms with Gasteiger partial charge in [0.1, 0.15) is 5.38 Å². The van der Waals surface area contributed by atoms with E-state index < -0.39 is 0 Å². The van der Waals surface area contributed by atoms with Crippen molar-refractivity contribution in [1.82, 2.24) is 10.1 Å². The minimum atomic E-state index is -0.187. The molecule has 17 heavy (non-hydrogen) atoms. The van der Waals surface area contributed by atoms with Gasteiger partial charge in [-0.1, -0.05) is 24.9 Å². The van der Waals surface area contributed by atoms with Crippen LogP contribution in [0.1, 0.15) is 75.4 Å². The third kappa shape index (κ3) is 3.21. The van der Waals surface area contributed by atoms with Gasteiger partial charge >= 0.3 is 0 Å². The molecule has 1 aliphatic rings. The molecule has 0 amide bonds. The molecule has 0 saturated heterocycles. The average Bonchev–Trinajstić information content (AvgIpc) is 2.80. The summed E-state index contributed by atoms with van der Waals surface area (Å²) in [6.07, 6.45) is 7.66. The number of rotatable bonds is 4. The monoisotopic (exact) mass is 256 g/mol. The van der Waals surface area contributed by atoms with Crippen molar-refractivity contribution in [2.45, 2.75) is 63.7 Å². The van der Waals surface area contributed by atoms with Crippen LogP contribution >= 0.6 is 11.6 Å². The van der Waals surface area contributed by atoms with Gasteiger partial charge in [-0.15, -0.1) is 11.6 Å². The molecule has 1 atom stereocenters. The number of halogens is 1. The fraction of sp³-hybridized carbons (Fsp3) is 0.846. The van der Waals surface area contributed by atoms with Crippen LogP contribution in [0, 0.1) is 5.92 Å². The lowest BCUT2D eigenvalue weighted by atomic mass is 9.80. The van der Waals surface area contributed by atoms with E-state index in [1.807, 2.05) is 6.92 Å². The zero-order valence-corrected chi connectivity index (χ0v) is 11.4. The fourth-order valence-corrected chi connectivity index (χ4v) is 2.78. The minimum Gasteiger partial charge on any atom is -0.338 e. The van der Waals surface area contributed by atoms with Gasteiger partial charge in [-0.05, 0) is 38.5 Å². The summed E-state index contributed by atoms with van der Waals surface area (Å²) >= 11 is 5.92. The van der Waals surface area contributed by atoms with E-state index >= 15 is 0 Å². The summed E-state index contributed by atoms with van der Waals surface area (Å²) in [4.78, 5) is 4.39. The Labute approximate surface area is 108 Å². The van der Waals surface area contributed by atoms with Crippen molar-refractivity contribution in [3.8, 4) is 0 Å². The van der Waals surface area contributed by atoms with Crippen molar-refractivity contribution in [1.29, 1.82) is 0 Å². The minimum absolute atomic E-state index is 0.187. The van der Waals surface area contributed by atoms with Crippen molar-refractivity contribution >= 4 is 11.6 Å². The molecule has 3 nitrogen and oxygen atoms in total. The maximum absolute atomic E-state index is 5.92. The molecule has 0 aromatic carbocycles. The van der Waals surface area contributed by atoms with Crippen molar-refractivity contribution in [3.05, 3.63) is 11.7 Å². The summed E-state index contributed by atoms with van der Waals surface area (Å²) in [6.45, 7) is 4.12. The molecule has 1 saturated carbocycles. The third-order valence-corrected chi connectivity index (χ3v) is 3.89. The van der Waals surface area contributed by atoms with Gasteiger partial charge in [0.25, 0.3) is 0 Å². The second-order valence-electron chi connectivity index (χ2n) is 5.11. The number of hydrogen-bond acceptors (Lipinski definition) is 3. The summed E-state index contributed by atoms with van der Waals surface area (Å²) in [7, 11) is 0. The van der Waals surface area contributed by atoms with E-state index in [9.17, 15) is 0 Å². The van der Waals surface area contributed by atoms with Gasteiger partial charge in [0.2, 0.25) is 5.89 Å². The Hall–Kier alpha value is -0.570. The molecule has 0 radical (unpaired) electrons. The highest BCUT2D eigenvalue weighted by atomic mass is 35.5. The molecule has 2 rings (SSSR count). The number of aromatic nitrogens is 2. The van der Waals surface area contributed by atoms with E-state index in [-0.39, 0.29) is 5.38 Å². The molecule has 0 N–H and O–H groups in total. The van der Waals surface area contributed by atoms with Crippen LogP contribution in [0.3, 0.4) is 0 Å². The summed E-state index contributed by atoms with van der Waals surface area (Å²) in [5.41, 5.74) is 0. The molecule has 4 heteroatoms. The van der Waals surface area contributed by atoms with E-state index in [0.717, 1.165) is 11.7 Å². The Morgan fingerprint density at radius 1 is 1.35 bits per heavy atom. The summed E-state index contributed by atoms with van der Waals surface area (Å²) in [5, 5.41) is 3.87. The van der Waals surface area contributed by atoms with Crippen LogP contribution in [0.4, 0.5) is 0 Å². The topological polar surface area (TPSA) is 38.9 Å². The highest BCUT2D eigenvalue weighted by Gasteiger charge is 2.25. The molecule has 0 aliphatic heterocycles. The molecule has 1 heterocycles. The Morgan fingerprint density at radius 3 is 2.59 bits per heavy atom. The molecule has 1 aromatic heterocycles. The quantitative estimate of drug-likeness (QED) is 0.748. The maximum atomic E-state index is 5.92. The lowest BCUT2D eigenvalue weighted by molar-refractivity contribution is 0.295. The van der Waals surface area contributed by atoms with Gasteiger partial charge in [-0.3, -0.25) is 0 Å². The molecular formula is C13H21ClN2O. The standard InChI is InChI=1S/C13H21ClN2O/c1-3-4-10-5-7-11(8-6-10)12-15-13(9(2)14)17-16-12/h9-11H,3-8H2,1-2H3. The molecule has 96 valence electrons. The van der Waals surface area contributed by atoms with Crippen LogP contribution in [-0.2, 0) is 0 Å². The summed E-state index contributed by atoms with van der Waals surface area (Å²) in [6, 6.07) is 0. The Bertz CT molecular complexity index is 343. The number of nitrogens with zero attached hydrogens (tertiary/aromatic N) is 2. The molecule has 1 fully saturated rings. The Morgan fingerprint density at radius 2 is 2.06 bits per heavy atom. The van der Waals surface area contributed by atoms with Crippen LogP contribution < -0.4 is 0 Å². The van der Waals surface area contributed by atoms with Crippen LogP contribution in [0.15, 0.2) is 4.52 Å². The molecular weight excluding hydrogens is 236 g/mol. The first-order chi connectivity index (χ1) is 8.20. The first-order valence-electron chi connectivity index (χ1n) is 6.68. The maximum Gasteiger partial charge on any atom is 0.244 e. The van der Waals surface area contributed by atoms with E-state index in [2.05, 4.69) is 17.1 Å². The fourth-order valence-electron chi connectivity index (χ4n) is 2.69. The largest absolute Gasteiger partial charge is 0.338 e. The van der Waals surface area contributed by atoms with Crippen LogP contribution in [-0.4, -0.2) is 10.1 Å². The highest BCUT2D eigenvalue weighted by molar-refractivity contribution is 6.20. The van der Waals surface area contributed by atoms with E-state index in [1.54, 1.807) is 0 Å². The summed E-state index contributed by atoms with van der Waals surface area (Å²) < 4.78 is 5.16. The second-order valence-corrected chi connectivity index (χ2v) is 5.77. The Kier molecular flexibility index (Phi) is 4.43. The predicted octanol–water partition coefficient (Wildman–Crippen LogP) is 4.44. The molecule has 1 unspecified atom stereocenters. The van der Waals surface area contributed by atoms with Gasteiger partial charge in [-0.25, -0.2) is 0 Å². The zero-order valence-electron chi connectivity index (χ0n) is 10.7. The smallest absolute Gasteiger partial charge is 0.244 e. The first-order valence-corrected chi connectivity index (χ1v) is 7.12.